The van der Waals surface area contributed by atoms with Gasteiger partial charge in [-0.05, 0) is 25.0 Å². The molecule has 0 aliphatic carbocycles. The molecule has 0 spiro atoms. The fraction of sp³-hybridized carbons (Fsp3) is 0.391. The molecule has 1 heterocycles. The first-order valence-corrected chi connectivity index (χ1v) is 11.1. The van der Waals surface area contributed by atoms with E-state index in [0.717, 1.165) is 16.5 Å². The lowest BCUT2D eigenvalue weighted by Crippen LogP contribution is -2.57. The van der Waals surface area contributed by atoms with Crippen LogP contribution in [0.2, 0.25) is 0 Å². The molecule has 0 bridgehead atoms. The fourth-order valence-corrected chi connectivity index (χ4v) is 3.43. The average Bonchev–Trinajstić information content (AvgIpc) is 3.22. The Morgan fingerprint density at radius 1 is 1.03 bits per heavy atom. The molecule has 0 fully saturated rings. The van der Waals surface area contributed by atoms with Gasteiger partial charge in [-0.2, -0.15) is 0 Å². The van der Waals surface area contributed by atoms with Gasteiger partial charge in [-0.25, -0.2) is 0 Å². The maximum Gasteiger partial charge on any atom is 0.305 e. The van der Waals surface area contributed by atoms with Crippen molar-refractivity contribution in [3.63, 3.8) is 0 Å². The first-order valence-electron chi connectivity index (χ1n) is 11.1. The number of para-hydroxylation sites is 1. The summed E-state index contributed by atoms with van der Waals surface area (Å²) in [6.45, 7) is 1.38. The van der Waals surface area contributed by atoms with E-state index in [-0.39, 0.29) is 19.3 Å². The smallest absolute Gasteiger partial charge is 0.305 e. The Hall–Kier alpha value is -4.26. The van der Waals surface area contributed by atoms with Crippen LogP contribution in [0.15, 0.2) is 30.5 Å². The highest BCUT2D eigenvalue weighted by Gasteiger charge is 2.30. The zero-order chi connectivity index (χ0) is 26.8. The van der Waals surface area contributed by atoms with Crippen molar-refractivity contribution >= 4 is 46.8 Å². The number of rotatable bonds is 14. The number of aromatic amines is 1. The number of fused-ring (bicyclic) bond motifs is 1. The minimum Gasteiger partial charge on any atom is -0.481 e. The largest absolute Gasteiger partial charge is 0.481 e. The summed E-state index contributed by atoms with van der Waals surface area (Å²) in [6, 6.07) is 2.33. The summed E-state index contributed by atoms with van der Waals surface area (Å²) in [4.78, 5) is 74.7. The van der Waals surface area contributed by atoms with Gasteiger partial charge < -0.3 is 37.5 Å². The third kappa shape index (κ3) is 8.20. The number of benzene rings is 1. The zero-order valence-corrected chi connectivity index (χ0v) is 19.6. The standard InChI is InChI=1S/C23H29N6O7/c1-12(24)21(34)28-17(6-7-19(25)31)22(35)29-18(9-20(32)33)23(36)27-14(11-30)8-13-10-26-16-5-3-2-4-15(13)16/h2-5,10,12,14,17-18,26H,6-9,24H2,1H3,(H2,25,31)(H,27,36)(H,28,34)(H,29,35)(H,32,33)/t12-,14-,17-,18-/m0/s1. The Labute approximate surface area is 206 Å². The van der Waals surface area contributed by atoms with Crippen LogP contribution in [-0.2, 0) is 35.2 Å². The van der Waals surface area contributed by atoms with Gasteiger partial charge in [0.15, 0.2) is 0 Å². The van der Waals surface area contributed by atoms with E-state index in [0.29, 0.717) is 0 Å². The lowest BCUT2D eigenvalue weighted by Gasteiger charge is -2.23. The lowest BCUT2D eigenvalue weighted by atomic mass is 10.0. The van der Waals surface area contributed by atoms with Gasteiger partial charge >= 0.3 is 5.97 Å². The van der Waals surface area contributed by atoms with Crippen molar-refractivity contribution in [2.24, 2.45) is 11.5 Å². The molecule has 13 nitrogen and oxygen atoms in total. The van der Waals surface area contributed by atoms with Crippen molar-refractivity contribution < 1.29 is 33.9 Å². The van der Waals surface area contributed by atoms with Crippen LogP contribution in [0.3, 0.4) is 0 Å². The molecular formula is C23H29N6O7. The predicted molar refractivity (Wildman–Crippen MR) is 128 cm³/mol. The van der Waals surface area contributed by atoms with Crippen LogP contribution >= 0.6 is 0 Å². The molecule has 4 amide bonds. The summed E-state index contributed by atoms with van der Waals surface area (Å²) in [5.74, 6) is -4.69. The normalized spacial score (nSPS) is 14.2. The number of nitrogens with two attached hydrogens (primary N) is 2. The molecule has 0 aliphatic heterocycles. The Morgan fingerprint density at radius 3 is 2.28 bits per heavy atom. The SMILES string of the molecule is C[C@H](N)C(=O)N[C@@H](CCC(N)=O)C(=O)N[C@@H](CC(=O)O)C(=O)N[C@H]([C]=O)Cc1c[nH]c2ccccc12. The van der Waals surface area contributed by atoms with Gasteiger partial charge in [-0.1, -0.05) is 18.2 Å². The molecule has 0 saturated carbocycles. The van der Waals surface area contributed by atoms with Gasteiger partial charge in [0.25, 0.3) is 0 Å². The minimum absolute atomic E-state index is 0.0681. The molecule has 1 radical (unpaired) electrons. The van der Waals surface area contributed by atoms with Gasteiger partial charge in [0.1, 0.15) is 12.1 Å². The molecule has 9 N–H and O–H groups in total. The summed E-state index contributed by atoms with van der Waals surface area (Å²) in [5, 5.41) is 17.1. The Morgan fingerprint density at radius 2 is 1.67 bits per heavy atom. The van der Waals surface area contributed by atoms with Crippen LogP contribution in [-0.4, -0.2) is 70.1 Å². The van der Waals surface area contributed by atoms with Gasteiger partial charge in [-0.15, -0.1) is 0 Å². The fourth-order valence-electron chi connectivity index (χ4n) is 3.43. The van der Waals surface area contributed by atoms with Crippen LogP contribution in [0.5, 0.6) is 0 Å². The first-order chi connectivity index (χ1) is 17.0. The number of primary amides is 1. The summed E-state index contributed by atoms with van der Waals surface area (Å²) in [5.41, 5.74) is 12.2. The Kier molecular flexibility index (Phi) is 10.1. The molecule has 4 atom stereocenters. The van der Waals surface area contributed by atoms with E-state index in [2.05, 4.69) is 20.9 Å². The highest BCUT2D eigenvalue weighted by Crippen LogP contribution is 2.18. The third-order valence-electron chi connectivity index (χ3n) is 5.30. The van der Waals surface area contributed by atoms with Gasteiger partial charge in [0.05, 0.1) is 18.5 Å². The van der Waals surface area contributed by atoms with Crippen molar-refractivity contribution in [3.05, 3.63) is 36.0 Å². The van der Waals surface area contributed by atoms with Gasteiger partial charge in [-0.3, -0.25) is 28.8 Å². The van der Waals surface area contributed by atoms with E-state index in [1.165, 1.54) is 6.92 Å². The molecule has 0 aliphatic rings. The summed E-state index contributed by atoms with van der Waals surface area (Å²) in [7, 11) is 0. The van der Waals surface area contributed by atoms with Crippen molar-refractivity contribution in [3.8, 4) is 0 Å². The third-order valence-corrected chi connectivity index (χ3v) is 5.30. The second kappa shape index (κ2) is 13.0. The van der Waals surface area contributed by atoms with Gasteiger partial charge in [0, 0.05) is 29.9 Å². The molecule has 2 rings (SSSR count). The van der Waals surface area contributed by atoms with Gasteiger partial charge in [0.2, 0.25) is 29.9 Å². The highest BCUT2D eigenvalue weighted by molar-refractivity contribution is 5.95. The average molecular weight is 502 g/mol. The second-order valence-corrected chi connectivity index (χ2v) is 8.26. The lowest BCUT2D eigenvalue weighted by molar-refractivity contribution is -0.141. The van der Waals surface area contributed by atoms with E-state index < -0.39 is 60.2 Å². The maximum atomic E-state index is 12.8. The summed E-state index contributed by atoms with van der Waals surface area (Å²) < 4.78 is 0. The van der Waals surface area contributed by atoms with Crippen molar-refractivity contribution in [2.75, 3.05) is 0 Å². The molecular weight excluding hydrogens is 472 g/mol. The second-order valence-electron chi connectivity index (χ2n) is 8.26. The number of aromatic nitrogens is 1. The molecule has 193 valence electrons. The number of carbonyl (C=O) groups excluding carboxylic acids is 5. The topological polar surface area (TPSA) is 227 Å². The molecule has 1 aromatic carbocycles. The van der Waals surface area contributed by atoms with Crippen LogP contribution in [0.4, 0.5) is 0 Å². The van der Waals surface area contributed by atoms with E-state index in [4.69, 9.17) is 11.5 Å². The predicted octanol–water partition coefficient (Wildman–Crippen LogP) is -1.64. The zero-order valence-electron chi connectivity index (χ0n) is 19.6. The van der Waals surface area contributed by atoms with E-state index in [1.54, 1.807) is 12.5 Å². The first kappa shape index (κ1) is 28.0. The molecule has 1 aromatic heterocycles. The van der Waals surface area contributed by atoms with E-state index >= 15 is 0 Å². The summed E-state index contributed by atoms with van der Waals surface area (Å²) in [6.07, 6.45) is 2.19. The number of carboxylic acids is 1. The monoisotopic (exact) mass is 501 g/mol. The van der Waals surface area contributed by atoms with E-state index in [9.17, 15) is 33.9 Å². The number of nitrogens with one attached hydrogen (secondary N) is 4. The number of aliphatic carboxylic acids is 1. The maximum absolute atomic E-state index is 12.8. The van der Waals surface area contributed by atoms with Crippen molar-refractivity contribution in [1.29, 1.82) is 0 Å². The Balaban J connectivity index is 2.14. The highest BCUT2D eigenvalue weighted by atomic mass is 16.4. The molecule has 2 aromatic rings. The number of carboxylic acid groups (broad SMARTS) is 1. The number of amides is 4. The van der Waals surface area contributed by atoms with Crippen LogP contribution < -0.4 is 27.4 Å². The minimum atomic E-state index is -1.59. The number of hydrogen-bond acceptors (Lipinski definition) is 7. The molecule has 13 heteroatoms. The van der Waals surface area contributed by atoms with Crippen molar-refractivity contribution in [2.45, 2.75) is 56.8 Å². The molecule has 0 unspecified atom stereocenters. The van der Waals surface area contributed by atoms with Crippen LogP contribution in [0.25, 0.3) is 10.9 Å². The van der Waals surface area contributed by atoms with Crippen LogP contribution in [0, 0.1) is 0 Å². The number of H-pyrrole nitrogens is 1. The number of carbonyl (C=O) groups is 5. The van der Waals surface area contributed by atoms with Crippen LogP contribution in [0.1, 0.15) is 31.7 Å². The Bertz CT molecular complexity index is 1130. The van der Waals surface area contributed by atoms with Crippen molar-refractivity contribution in [1.82, 2.24) is 20.9 Å². The van der Waals surface area contributed by atoms with E-state index in [1.807, 2.05) is 24.3 Å². The quantitative estimate of drug-likeness (QED) is 0.158. The summed E-state index contributed by atoms with van der Waals surface area (Å²) >= 11 is 0. The molecule has 0 saturated heterocycles. The molecule has 36 heavy (non-hydrogen) atoms. The number of hydrogen-bond donors (Lipinski definition) is 7.